The molecule has 13 heteroatoms. The maximum absolute atomic E-state index is 12.4. The van der Waals surface area contributed by atoms with Crippen molar-refractivity contribution in [3.63, 3.8) is 0 Å². The van der Waals surface area contributed by atoms with Gasteiger partial charge in [0.15, 0.2) is 28.9 Å². The number of hydrogen-bond donors (Lipinski definition) is 1. The molecule has 0 bridgehead atoms. The molecule has 2 aromatic rings. The molecule has 1 aromatic carbocycles. The average molecular weight is 608 g/mol. The largest absolute Gasteiger partial charge is 0.441 e. The summed E-state index contributed by atoms with van der Waals surface area (Å²) in [6.07, 6.45) is 0.655. The number of nitro groups is 1. The first-order valence-electron chi connectivity index (χ1n) is 14.0. The molecule has 41 heavy (non-hydrogen) atoms. The number of ether oxygens (including phenoxy) is 1. The van der Waals surface area contributed by atoms with Crippen LogP contribution in [0.3, 0.4) is 0 Å². The number of hydrogen-bond acceptors (Lipinski definition) is 8. The first-order chi connectivity index (χ1) is 18.7. The van der Waals surface area contributed by atoms with E-state index >= 15 is 0 Å². The summed E-state index contributed by atoms with van der Waals surface area (Å²) in [5, 5.41) is 13.9. The Balaban J connectivity index is 2.05. The molecular formula is C28H49N5O6Si2. The number of anilines is 2. The van der Waals surface area contributed by atoms with Gasteiger partial charge in [0.25, 0.3) is 0 Å². The fraction of sp³-hybridized carbons (Fsp3) is 0.643. The zero-order valence-electron chi connectivity index (χ0n) is 26.7. The van der Waals surface area contributed by atoms with Gasteiger partial charge in [-0.25, -0.2) is 9.36 Å². The molecule has 11 nitrogen and oxygen atoms in total. The van der Waals surface area contributed by atoms with Crippen molar-refractivity contribution < 1.29 is 23.3 Å². The predicted octanol–water partition coefficient (Wildman–Crippen LogP) is 6.93. The molecule has 2 rings (SSSR count). The Labute approximate surface area is 247 Å². The second-order valence-electron chi connectivity index (χ2n) is 13.3. The minimum absolute atomic E-state index is 0.136. The van der Waals surface area contributed by atoms with Crippen LogP contribution >= 0.6 is 0 Å². The van der Waals surface area contributed by atoms with Gasteiger partial charge in [-0.05, 0) is 65.5 Å². The SMILES string of the molecule is Cn1c(COC(=O)Nc2ccc(N(CCO[Si](C)(C)C(C)(C)C)CCO[Si](C)(C)C(C)(C)C)cc2)cnc1[N+](=O)[O-]. The third kappa shape index (κ3) is 9.65. The minimum atomic E-state index is -1.88. The maximum atomic E-state index is 12.4. The van der Waals surface area contributed by atoms with E-state index in [0.717, 1.165) is 18.8 Å². The molecule has 0 aliphatic heterocycles. The van der Waals surface area contributed by atoms with Crippen molar-refractivity contribution in [1.29, 1.82) is 0 Å². The summed E-state index contributed by atoms with van der Waals surface area (Å²) in [6.45, 7) is 25.0. The van der Waals surface area contributed by atoms with Crippen LogP contribution in [-0.2, 0) is 27.2 Å². The number of carbonyl (C=O) groups is 1. The molecule has 1 aromatic heterocycles. The fourth-order valence-corrected chi connectivity index (χ4v) is 5.48. The summed E-state index contributed by atoms with van der Waals surface area (Å²) in [4.78, 5) is 28.7. The molecule has 0 aliphatic carbocycles. The Morgan fingerprint density at radius 2 is 1.46 bits per heavy atom. The van der Waals surface area contributed by atoms with E-state index in [9.17, 15) is 14.9 Å². The number of rotatable bonds is 13. The second kappa shape index (κ2) is 13.5. The molecule has 230 valence electrons. The van der Waals surface area contributed by atoms with Gasteiger partial charge in [-0.1, -0.05) is 46.5 Å². The molecule has 0 spiro atoms. The molecule has 1 amide bonds. The molecule has 0 unspecified atom stereocenters. The van der Waals surface area contributed by atoms with E-state index in [4.69, 9.17) is 13.6 Å². The lowest BCUT2D eigenvalue weighted by Crippen LogP contribution is -2.44. The van der Waals surface area contributed by atoms with E-state index in [1.165, 1.54) is 17.8 Å². The normalized spacial score (nSPS) is 12.8. The van der Waals surface area contributed by atoms with Crippen LogP contribution in [0.15, 0.2) is 30.5 Å². The van der Waals surface area contributed by atoms with Crippen LogP contribution in [-0.4, -0.2) is 63.5 Å². The number of nitrogens with zero attached hydrogens (tertiary/aromatic N) is 4. The Kier molecular flexibility index (Phi) is 11.3. The standard InChI is InChI=1S/C28H49N5O6Si2/c1-27(2,3)40(8,9)38-18-16-32(17-19-39-41(10,11)28(4,5)6)23-14-12-22(13-15-23)30-26(34)37-21-24-20-29-25(31(24)7)33(35)36/h12-15,20H,16-19,21H2,1-11H3,(H,30,34). The number of aromatic nitrogens is 2. The zero-order valence-corrected chi connectivity index (χ0v) is 28.7. The average Bonchev–Trinajstić information content (AvgIpc) is 3.21. The quantitative estimate of drug-likeness (QED) is 0.148. The van der Waals surface area contributed by atoms with Crippen molar-refractivity contribution >= 4 is 40.1 Å². The van der Waals surface area contributed by atoms with Crippen LogP contribution in [0.25, 0.3) is 0 Å². The van der Waals surface area contributed by atoms with Crippen LogP contribution in [0.4, 0.5) is 22.1 Å². The summed E-state index contributed by atoms with van der Waals surface area (Å²) in [5.74, 6) is -0.312. The zero-order chi connectivity index (χ0) is 31.2. The third-order valence-electron chi connectivity index (χ3n) is 8.31. The monoisotopic (exact) mass is 607 g/mol. The number of benzene rings is 1. The lowest BCUT2D eigenvalue weighted by atomic mass is 10.2. The van der Waals surface area contributed by atoms with Crippen LogP contribution in [0, 0.1) is 10.1 Å². The lowest BCUT2D eigenvalue weighted by Gasteiger charge is -2.38. The molecule has 0 aliphatic rings. The van der Waals surface area contributed by atoms with Crippen LogP contribution in [0.2, 0.25) is 36.3 Å². The maximum Gasteiger partial charge on any atom is 0.434 e. The van der Waals surface area contributed by atoms with Crippen molar-refractivity contribution in [2.24, 2.45) is 7.05 Å². The van der Waals surface area contributed by atoms with Gasteiger partial charge in [-0.15, -0.1) is 0 Å². The number of amides is 1. The molecule has 0 saturated heterocycles. The smallest absolute Gasteiger partial charge is 0.434 e. The van der Waals surface area contributed by atoms with Gasteiger partial charge in [0.2, 0.25) is 0 Å². The highest BCUT2D eigenvalue weighted by Gasteiger charge is 2.38. The molecule has 1 heterocycles. The van der Waals surface area contributed by atoms with Gasteiger partial charge < -0.3 is 28.6 Å². The van der Waals surface area contributed by atoms with Crippen molar-refractivity contribution in [3.05, 3.63) is 46.3 Å². The highest BCUT2D eigenvalue weighted by Crippen LogP contribution is 2.37. The molecular weight excluding hydrogens is 559 g/mol. The highest BCUT2D eigenvalue weighted by atomic mass is 28.4. The van der Waals surface area contributed by atoms with Gasteiger partial charge in [0.1, 0.15) is 6.20 Å². The van der Waals surface area contributed by atoms with Gasteiger partial charge >= 0.3 is 12.0 Å². The minimum Gasteiger partial charge on any atom is -0.441 e. The van der Waals surface area contributed by atoms with Crippen LogP contribution in [0.1, 0.15) is 47.2 Å². The summed E-state index contributed by atoms with van der Waals surface area (Å²) in [7, 11) is -2.25. The summed E-state index contributed by atoms with van der Waals surface area (Å²) >= 11 is 0. The van der Waals surface area contributed by atoms with Crippen molar-refractivity contribution in [2.75, 3.05) is 36.5 Å². The number of imidazole rings is 1. The molecule has 0 atom stereocenters. The number of carbonyl (C=O) groups excluding carboxylic acids is 1. The van der Waals surface area contributed by atoms with E-state index < -0.39 is 27.7 Å². The molecule has 0 fully saturated rings. The molecule has 0 saturated carbocycles. The van der Waals surface area contributed by atoms with Crippen molar-refractivity contribution in [1.82, 2.24) is 9.55 Å². The molecule has 0 radical (unpaired) electrons. The summed E-state index contributed by atoms with van der Waals surface area (Å²) in [6, 6.07) is 7.56. The van der Waals surface area contributed by atoms with Crippen molar-refractivity contribution in [2.45, 2.75) is 84.4 Å². The number of nitrogens with one attached hydrogen (secondary N) is 1. The second-order valence-corrected chi connectivity index (χ2v) is 22.9. The van der Waals surface area contributed by atoms with E-state index in [1.54, 1.807) is 0 Å². The van der Waals surface area contributed by atoms with Gasteiger partial charge in [0, 0.05) is 24.5 Å². The first-order valence-corrected chi connectivity index (χ1v) is 19.8. The summed E-state index contributed by atoms with van der Waals surface area (Å²) < 4.78 is 19.4. The summed E-state index contributed by atoms with van der Waals surface area (Å²) in [5.41, 5.74) is 1.99. The topological polar surface area (TPSA) is 121 Å². The Morgan fingerprint density at radius 1 is 0.976 bits per heavy atom. The first kappa shape index (κ1) is 34.5. The lowest BCUT2D eigenvalue weighted by molar-refractivity contribution is -0.396. The molecule has 1 N–H and O–H groups in total. The van der Waals surface area contributed by atoms with Gasteiger partial charge in [-0.2, -0.15) is 0 Å². The third-order valence-corrected chi connectivity index (χ3v) is 17.4. The Hall–Kier alpha value is -2.75. The van der Waals surface area contributed by atoms with E-state index in [-0.39, 0.29) is 22.6 Å². The van der Waals surface area contributed by atoms with E-state index in [2.05, 4.69) is 82.9 Å². The van der Waals surface area contributed by atoms with E-state index in [0.29, 0.717) is 24.6 Å². The highest BCUT2D eigenvalue weighted by molar-refractivity contribution is 6.74. The Bertz CT molecular complexity index is 1140. The van der Waals surface area contributed by atoms with Gasteiger partial charge in [0.05, 0.1) is 20.3 Å². The Morgan fingerprint density at radius 3 is 1.88 bits per heavy atom. The van der Waals surface area contributed by atoms with Gasteiger partial charge in [-0.3, -0.25) is 5.32 Å². The van der Waals surface area contributed by atoms with Crippen LogP contribution in [0.5, 0.6) is 0 Å². The van der Waals surface area contributed by atoms with Crippen LogP contribution < -0.4 is 10.2 Å². The van der Waals surface area contributed by atoms with E-state index in [1.807, 2.05) is 24.3 Å². The fourth-order valence-electron chi connectivity index (χ4n) is 3.41. The predicted molar refractivity (Wildman–Crippen MR) is 169 cm³/mol. The van der Waals surface area contributed by atoms with Crippen molar-refractivity contribution in [3.8, 4) is 0 Å².